The normalized spacial score (nSPS) is 15.1. The quantitative estimate of drug-likeness (QED) is 0.569. The van der Waals surface area contributed by atoms with E-state index in [-0.39, 0.29) is 11.8 Å². The van der Waals surface area contributed by atoms with Gasteiger partial charge >= 0.3 is 0 Å². The Morgan fingerprint density at radius 1 is 1.03 bits per heavy atom. The van der Waals surface area contributed by atoms with E-state index in [0.717, 1.165) is 12.0 Å². The number of hydrogen-bond acceptors (Lipinski definition) is 5. The van der Waals surface area contributed by atoms with E-state index in [2.05, 4.69) is 17.4 Å². The van der Waals surface area contributed by atoms with E-state index in [1.165, 1.54) is 19.8 Å². The van der Waals surface area contributed by atoms with Crippen LogP contribution in [0, 0.1) is 0 Å². The average Bonchev–Trinajstić information content (AvgIpc) is 2.98. The molecule has 0 spiro atoms. The van der Waals surface area contributed by atoms with Crippen LogP contribution in [0.4, 0.5) is 5.69 Å². The van der Waals surface area contributed by atoms with Crippen LogP contribution in [0.2, 0.25) is 0 Å². The highest BCUT2D eigenvalue weighted by Gasteiger charge is 2.28. The van der Waals surface area contributed by atoms with Gasteiger partial charge in [-0.1, -0.05) is 30.3 Å². The summed E-state index contributed by atoms with van der Waals surface area (Å²) in [5.74, 6) is 1.35. The second kappa shape index (κ2) is 10.3. The summed E-state index contributed by atoms with van der Waals surface area (Å²) in [6, 6.07) is 20.5. The Morgan fingerprint density at radius 3 is 2.41 bits per heavy atom. The standard InChI is InChI=1S/C27H28N2O5/c1-18-27(31)29(12-11-19-7-5-4-6-8-19)17-21-13-22(9-10-25(21)34-18)28-26(30)20-14-23(32-2)16-24(15-20)33-3/h4-10,13-16,18H,11-12,17H2,1-3H3,(H,28,30). The fourth-order valence-corrected chi connectivity index (χ4v) is 3.92. The van der Waals surface area contributed by atoms with Gasteiger partial charge in [-0.05, 0) is 49.2 Å². The van der Waals surface area contributed by atoms with Crippen molar-refractivity contribution in [2.24, 2.45) is 0 Å². The minimum atomic E-state index is -0.582. The van der Waals surface area contributed by atoms with Gasteiger partial charge in [0.1, 0.15) is 17.2 Å². The van der Waals surface area contributed by atoms with Crippen LogP contribution in [0.3, 0.4) is 0 Å². The van der Waals surface area contributed by atoms with Crippen LogP contribution in [0.5, 0.6) is 17.2 Å². The lowest BCUT2D eigenvalue weighted by Gasteiger charge is -2.22. The van der Waals surface area contributed by atoms with E-state index < -0.39 is 6.10 Å². The number of ether oxygens (including phenoxy) is 3. The Hall–Kier alpha value is -4.00. The first-order valence-corrected chi connectivity index (χ1v) is 11.1. The number of carbonyl (C=O) groups is 2. The molecule has 0 saturated carbocycles. The van der Waals surface area contributed by atoms with Crippen LogP contribution < -0.4 is 19.5 Å². The minimum absolute atomic E-state index is 0.0545. The molecule has 0 aromatic heterocycles. The van der Waals surface area contributed by atoms with Gasteiger partial charge in [-0.15, -0.1) is 0 Å². The SMILES string of the molecule is COc1cc(OC)cc(C(=O)Nc2ccc3c(c2)CN(CCc2ccccc2)C(=O)C(C)O3)c1. The van der Waals surface area contributed by atoms with E-state index in [1.54, 1.807) is 37.3 Å². The number of benzene rings is 3. The second-order valence-electron chi connectivity index (χ2n) is 8.13. The van der Waals surface area contributed by atoms with Crippen molar-refractivity contribution in [2.45, 2.75) is 26.0 Å². The molecule has 7 nitrogen and oxygen atoms in total. The van der Waals surface area contributed by atoms with Gasteiger partial charge in [-0.3, -0.25) is 9.59 Å². The number of nitrogens with zero attached hydrogens (tertiary/aromatic N) is 1. The third-order valence-corrected chi connectivity index (χ3v) is 5.77. The first-order valence-electron chi connectivity index (χ1n) is 11.1. The summed E-state index contributed by atoms with van der Waals surface area (Å²) in [5.41, 5.74) is 3.03. The third-order valence-electron chi connectivity index (χ3n) is 5.77. The molecule has 4 rings (SSSR count). The Balaban J connectivity index is 1.52. The number of methoxy groups -OCH3 is 2. The van der Waals surface area contributed by atoms with E-state index in [0.29, 0.717) is 41.6 Å². The molecule has 2 amide bonds. The van der Waals surface area contributed by atoms with E-state index in [4.69, 9.17) is 14.2 Å². The molecule has 176 valence electrons. The Kier molecular flexibility index (Phi) is 7.01. The molecule has 1 atom stereocenters. The van der Waals surface area contributed by atoms with Crippen molar-refractivity contribution in [3.63, 3.8) is 0 Å². The third kappa shape index (κ3) is 5.31. The van der Waals surface area contributed by atoms with Crippen molar-refractivity contribution in [2.75, 3.05) is 26.1 Å². The molecule has 3 aromatic rings. The second-order valence-corrected chi connectivity index (χ2v) is 8.13. The van der Waals surface area contributed by atoms with E-state index >= 15 is 0 Å². The largest absolute Gasteiger partial charge is 0.497 e. The summed E-state index contributed by atoms with van der Waals surface area (Å²) in [4.78, 5) is 27.6. The number of nitrogens with one attached hydrogen (secondary N) is 1. The summed E-state index contributed by atoms with van der Waals surface area (Å²) in [7, 11) is 3.07. The van der Waals surface area contributed by atoms with Crippen LogP contribution in [-0.2, 0) is 17.8 Å². The molecule has 0 saturated heterocycles. The van der Waals surface area contributed by atoms with Gasteiger partial charge in [0.2, 0.25) is 0 Å². The molecule has 34 heavy (non-hydrogen) atoms. The van der Waals surface area contributed by atoms with Gasteiger partial charge in [0.05, 0.1) is 14.2 Å². The van der Waals surface area contributed by atoms with Crippen molar-refractivity contribution in [3.05, 3.63) is 83.4 Å². The molecule has 0 aliphatic carbocycles. The van der Waals surface area contributed by atoms with Crippen molar-refractivity contribution in [3.8, 4) is 17.2 Å². The maximum absolute atomic E-state index is 12.9. The molecule has 3 aromatic carbocycles. The zero-order valence-electron chi connectivity index (χ0n) is 19.5. The first kappa shape index (κ1) is 23.2. The summed E-state index contributed by atoms with van der Waals surface area (Å²) < 4.78 is 16.4. The molecule has 7 heteroatoms. The van der Waals surface area contributed by atoms with Crippen LogP contribution in [-0.4, -0.2) is 43.6 Å². The number of amides is 2. The summed E-state index contributed by atoms with van der Waals surface area (Å²) >= 11 is 0. The maximum Gasteiger partial charge on any atom is 0.263 e. The fraction of sp³-hybridized carbons (Fsp3) is 0.259. The molecule has 1 N–H and O–H groups in total. The zero-order chi connectivity index (χ0) is 24.1. The van der Waals surface area contributed by atoms with Crippen molar-refractivity contribution in [1.82, 2.24) is 4.90 Å². The molecule has 0 bridgehead atoms. The first-order chi connectivity index (χ1) is 16.5. The van der Waals surface area contributed by atoms with Crippen LogP contribution in [0.15, 0.2) is 66.7 Å². The van der Waals surface area contributed by atoms with Gasteiger partial charge < -0.3 is 24.4 Å². The predicted octanol–water partition coefficient (Wildman–Crippen LogP) is 4.31. The number of rotatable bonds is 7. The zero-order valence-corrected chi connectivity index (χ0v) is 19.5. The van der Waals surface area contributed by atoms with Crippen LogP contribution >= 0.6 is 0 Å². The lowest BCUT2D eigenvalue weighted by atomic mass is 10.1. The Labute approximate surface area is 199 Å². The fourth-order valence-electron chi connectivity index (χ4n) is 3.92. The summed E-state index contributed by atoms with van der Waals surface area (Å²) in [5, 5.41) is 2.92. The predicted molar refractivity (Wildman–Crippen MR) is 130 cm³/mol. The smallest absolute Gasteiger partial charge is 0.263 e. The highest BCUT2D eigenvalue weighted by Crippen LogP contribution is 2.29. The molecule has 0 fully saturated rings. The molecule has 0 radical (unpaired) electrons. The number of anilines is 1. The molecule has 1 aliphatic rings. The Bertz CT molecular complexity index is 1160. The van der Waals surface area contributed by atoms with Crippen molar-refractivity contribution >= 4 is 17.5 Å². The summed E-state index contributed by atoms with van der Waals surface area (Å²) in [6.45, 7) is 2.75. The number of carbonyl (C=O) groups excluding carboxylic acids is 2. The molecule has 1 heterocycles. The van der Waals surface area contributed by atoms with Crippen LogP contribution in [0.1, 0.15) is 28.4 Å². The Morgan fingerprint density at radius 2 is 1.74 bits per heavy atom. The lowest BCUT2D eigenvalue weighted by Crippen LogP contribution is -2.39. The minimum Gasteiger partial charge on any atom is -0.497 e. The topological polar surface area (TPSA) is 77.1 Å². The molecule has 1 unspecified atom stereocenters. The lowest BCUT2D eigenvalue weighted by molar-refractivity contribution is -0.137. The maximum atomic E-state index is 12.9. The van der Waals surface area contributed by atoms with Gasteiger partial charge in [0.15, 0.2) is 6.10 Å². The highest BCUT2D eigenvalue weighted by atomic mass is 16.5. The van der Waals surface area contributed by atoms with Crippen LogP contribution in [0.25, 0.3) is 0 Å². The van der Waals surface area contributed by atoms with Gasteiger partial charge in [-0.2, -0.15) is 0 Å². The monoisotopic (exact) mass is 460 g/mol. The summed E-state index contributed by atoms with van der Waals surface area (Å²) in [6.07, 6.45) is 0.171. The molecule has 1 aliphatic heterocycles. The van der Waals surface area contributed by atoms with E-state index in [9.17, 15) is 9.59 Å². The highest BCUT2D eigenvalue weighted by molar-refractivity contribution is 6.05. The van der Waals surface area contributed by atoms with Crippen molar-refractivity contribution in [1.29, 1.82) is 0 Å². The van der Waals surface area contributed by atoms with E-state index in [1.807, 2.05) is 29.2 Å². The average molecular weight is 461 g/mol. The number of hydrogen-bond donors (Lipinski definition) is 1. The number of fused-ring (bicyclic) bond motifs is 1. The molecular formula is C27H28N2O5. The van der Waals surface area contributed by atoms with Gasteiger partial charge in [-0.25, -0.2) is 0 Å². The molecular weight excluding hydrogens is 432 g/mol. The van der Waals surface area contributed by atoms with Gasteiger partial charge in [0.25, 0.3) is 11.8 Å². The van der Waals surface area contributed by atoms with Crippen molar-refractivity contribution < 1.29 is 23.8 Å². The van der Waals surface area contributed by atoms with Gasteiger partial charge in [0, 0.05) is 36.0 Å².